The molecule has 1 heterocycles. The average Bonchev–Trinajstić information content (AvgIpc) is 2.78. The SMILES string of the molecule is COC(C(=O)N1CC[C@@H](O)C1)c1ccccc1. The molecule has 0 aromatic heterocycles. The molecule has 0 bridgehead atoms. The molecule has 0 spiro atoms. The van der Waals surface area contributed by atoms with Gasteiger partial charge in [-0.05, 0) is 12.0 Å². The summed E-state index contributed by atoms with van der Waals surface area (Å²) in [6.07, 6.45) is -0.314. The van der Waals surface area contributed by atoms with E-state index >= 15 is 0 Å². The van der Waals surface area contributed by atoms with E-state index in [1.807, 2.05) is 30.3 Å². The van der Waals surface area contributed by atoms with Crippen molar-refractivity contribution in [1.29, 1.82) is 0 Å². The molecule has 1 aliphatic heterocycles. The van der Waals surface area contributed by atoms with E-state index in [-0.39, 0.29) is 5.91 Å². The number of ether oxygens (including phenoxy) is 1. The Morgan fingerprint density at radius 3 is 2.71 bits per heavy atom. The number of carbonyl (C=O) groups is 1. The molecule has 0 radical (unpaired) electrons. The Morgan fingerprint density at radius 1 is 1.47 bits per heavy atom. The lowest BCUT2D eigenvalue weighted by atomic mass is 10.1. The van der Waals surface area contributed by atoms with Crippen LogP contribution >= 0.6 is 0 Å². The van der Waals surface area contributed by atoms with E-state index in [9.17, 15) is 9.90 Å². The third-order valence-electron chi connectivity index (χ3n) is 3.04. The zero-order chi connectivity index (χ0) is 12.3. The van der Waals surface area contributed by atoms with Gasteiger partial charge < -0.3 is 14.7 Å². The summed E-state index contributed by atoms with van der Waals surface area (Å²) in [4.78, 5) is 13.9. The number of benzene rings is 1. The fourth-order valence-corrected chi connectivity index (χ4v) is 2.12. The predicted molar refractivity (Wildman–Crippen MR) is 63.4 cm³/mol. The zero-order valence-corrected chi connectivity index (χ0v) is 9.87. The number of carbonyl (C=O) groups excluding carboxylic acids is 1. The molecule has 92 valence electrons. The molecule has 1 amide bonds. The number of methoxy groups -OCH3 is 1. The van der Waals surface area contributed by atoms with Gasteiger partial charge in [0.05, 0.1) is 6.10 Å². The Labute approximate surface area is 101 Å². The van der Waals surface area contributed by atoms with Crippen LogP contribution in [-0.4, -0.2) is 42.2 Å². The maximum Gasteiger partial charge on any atom is 0.256 e. The van der Waals surface area contributed by atoms with E-state index in [1.165, 1.54) is 7.11 Å². The number of likely N-dealkylation sites (tertiary alicyclic amines) is 1. The minimum absolute atomic E-state index is 0.0738. The van der Waals surface area contributed by atoms with E-state index in [2.05, 4.69) is 0 Å². The van der Waals surface area contributed by atoms with Crippen molar-refractivity contribution in [3.8, 4) is 0 Å². The maximum absolute atomic E-state index is 12.2. The van der Waals surface area contributed by atoms with Crippen molar-refractivity contribution in [2.24, 2.45) is 0 Å². The second-order valence-electron chi connectivity index (χ2n) is 4.25. The third-order valence-corrected chi connectivity index (χ3v) is 3.04. The lowest BCUT2D eigenvalue weighted by molar-refractivity contribution is -0.141. The molecular weight excluding hydrogens is 218 g/mol. The van der Waals surface area contributed by atoms with Crippen molar-refractivity contribution in [2.75, 3.05) is 20.2 Å². The topological polar surface area (TPSA) is 49.8 Å². The van der Waals surface area contributed by atoms with Gasteiger partial charge in [-0.1, -0.05) is 30.3 Å². The van der Waals surface area contributed by atoms with Gasteiger partial charge >= 0.3 is 0 Å². The van der Waals surface area contributed by atoms with Crippen LogP contribution in [0.15, 0.2) is 30.3 Å². The summed E-state index contributed by atoms with van der Waals surface area (Å²) < 4.78 is 5.27. The number of aliphatic hydroxyl groups is 1. The van der Waals surface area contributed by atoms with Crippen LogP contribution in [0.4, 0.5) is 0 Å². The van der Waals surface area contributed by atoms with E-state index in [0.29, 0.717) is 19.5 Å². The third kappa shape index (κ3) is 2.65. The van der Waals surface area contributed by atoms with Crippen molar-refractivity contribution in [1.82, 2.24) is 4.90 Å². The fraction of sp³-hybridized carbons (Fsp3) is 0.462. The number of hydrogen-bond donors (Lipinski definition) is 1. The predicted octanol–water partition coefficient (Wildman–Crippen LogP) is 0.967. The number of aliphatic hydroxyl groups excluding tert-OH is 1. The van der Waals surface area contributed by atoms with Gasteiger partial charge in [-0.25, -0.2) is 0 Å². The van der Waals surface area contributed by atoms with Gasteiger partial charge in [0.1, 0.15) is 0 Å². The average molecular weight is 235 g/mol. The van der Waals surface area contributed by atoms with Crippen LogP contribution < -0.4 is 0 Å². The Morgan fingerprint density at radius 2 is 2.18 bits per heavy atom. The molecule has 1 unspecified atom stereocenters. The van der Waals surface area contributed by atoms with Gasteiger partial charge in [-0.2, -0.15) is 0 Å². The molecule has 1 aliphatic rings. The smallest absolute Gasteiger partial charge is 0.256 e. The highest BCUT2D eigenvalue weighted by Crippen LogP contribution is 2.21. The Balaban J connectivity index is 2.11. The Kier molecular flexibility index (Phi) is 3.76. The molecule has 0 saturated carbocycles. The van der Waals surface area contributed by atoms with E-state index in [0.717, 1.165) is 5.56 Å². The minimum atomic E-state index is -0.568. The molecule has 1 N–H and O–H groups in total. The van der Waals surface area contributed by atoms with E-state index < -0.39 is 12.2 Å². The highest BCUT2D eigenvalue weighted by atomic mass is 16.5. The van der Waals surface area contributed by atoms with E-state index in [4.69, 9.17) is 4.74 Å². The number of β-amino-alcohol motifs (C(OH)–C–C–N with tert-alkyl or cyclic N) is 1. The van der Waals surface area contributed by atoms with Crippen molar-refractivity contribution in [3.05, 3.63) is 35.9 Å². The first kappa shape index (κ1) is 12.1. The lowest BCUT2D eigenvalue weighted by Crippen LogP contribution is -2.34. The monoisotopic (exact) mass is 235 g/mol. The molecule has 17 heavy (non-hydrogen) atoms. The lowest BCUT2D eigenvalue weighted by Gasteiger charge is -2.22. The molecule has 4 nitrogen and oxygen atoms in total. The van der Waals surface area contributed by atoms with Crippen LogP contribution in [0, 0.1) is 0 Å². The molecular formula is C13H17NO3. The highest BCUT2D eigenvalue weighted by molar-refractivity contribution is 5.82. The van der Waals surface area contributed by atoms with Gasteiger partial charge in [0.25, 0.3) is 5.91 Å². The molecule has 1 aromatic rings. The molecule has 2 rings (SSSR count). The number of nitrogens with zero attached hydrogens (tertiary/aromatic N) is 1. The van der Waals surface area contributed by atoms with Crippen LogP contribution in [-0.2, 0) is 9.53 Å². The number of rotatable bonds is 3. The number of amides is 1. The van der Waals surface area contributed by atoms with Crippen molar-refractivity contribution >= 4 is 5.91 Å². The summed E-state index contributed by atoms with van der Waals surface area (Å²) in [6.45, 7) is 1.01. The molecule has 1 aromatic carbocycles. The van der Waals surface area contributed by atoms with E-state index in [1.54, 1.807) is 4.90 Å². The summed E-state index contributed by atoms with van der Waals surface area (Å²) in [5, 5.41) is 9.44. The second-order valence-corrected chi connectivity index (χ2v) is 4.25. The summed E-state index contributed by atoms with van der Waals surface area (Å²) in [6, 6.07) is 9.42. The number of hydrogen-bond acceptors (Lipinski definition) is 3. The fourth-order valence-electron chi connectivity index (χ4n) is 2.12. The quantitative estimate of drug-likeness (QED) is 0.849. The maximum atomic E-state index is 12.2. The molecule has 1 saturated heterocycles. The first-order valence-electron chi connectivity index (χ1n) is 5.77. The van der Waals surface area contributed by atoms with Crippen LogP contribution in [0.3, 0.4) is 0 Å². The van der Waals surface area contributed by atoms with Crippen molar-refractivity contribution in [3.63, 3.8) is 0 Å². The first-order valence-corrected chi connectivity index (χ1v) is 5.77. The largest absolute Gasteiger partial charge is 0.391 e. The summed E-state index contributed by atoms with van der Waals surface area (Å²) >= 11 is 0. The normalized spacial score (nSPS) is 21.5. The minimum Gasteiger partial charge on any atom is -0.391 e. The van der Waals surface area contributed by atoms with Gasteiger partial charge in [0, 0.05) is 20.2 Å². The molecule has 2 atom stereocenters. The first-order chi connectivity index (χ1) is 8.22. The molecule has 0 aliphatic carbocycles. The standard InChI is InChI=1S/C13H17NO3/c1-17-12(10-5-3-2-4-6-10)13(16)14-8-7-11(15)9-14/h2-6,11-12,15H,7-9H2,1H3/t11-,12?/m1/s1. The Bertz CT molecular complexity index is 380. The van der Waals surface area contributed by atoms with Gasteiger partial charge in [-0.15, -0.1) is 0 Å². The van der Waals surface area contributed by atoms with Crippen LogP contribution in [0.5, 0.6) is 0 Å². The van der Waals surface area contributed by atoms with Crippen LogP contribution in [0.1, 0.15) is 18.1 Å². The van der Waals surface area contributed by atoms with Crippen molar-refractivity contribution < 1.29 is 14.6 Å². The van der Waals surface area contributed by atoms with Crippen molar-refractivity contribution in [2.45, 2.75) is 18.6 Å². The molecule has 4 heteroatoms. The second kappa shape index (κ2) is 5.29. The summed E-state index contributed by atoms with van der Waals surface area (Å²) in [5.74, 6) is -0.0738. The zero-order valence-electron chi connectivity index (χ0n) is 9.87. The summed E-state index contributed by atoms with van der Waals surface area (Å²) in [7, 11) is 1.53. The van der Waals surface area contributed by atoms with Gasteiger partial charge in [-0.3, -0.25) is 4.79 Å². The van der Waals surface area contributed by atoms with Gasteiger partial charge in [0.2, 0.25) is 0 Å². The highest BCUT2D eigenvalue weighted by Gasteiger charge is 2.30. The summed E-state index contributed by atoms with van der Waals surface area (Å²) in [5.41, 5.74) is 0.849. The van der Waals surface area contributed by atoms with Crippen LogP contribution in [0.25, 0.3) is 0 Å². The molecule has 1 fully saturated rings. The van der Waals surface area contributed by atoms with Gasteiger partial charge in [0.15, 0.2) is 6.10 Å². The van der Waals surface area contributed by atoms with Crippen LogP contribution in [0.2, 0.25) is 0 Å². The Hall–Kier alpha value is -1.39.